The summed E-state index contributed by atoms with van der Waals surface area (Å²) in [6.07, 6.45) is 13.1. The van der Waals surface area contributed by atoms with Crippen LogP contribution in [0.1, 0.15) is 105 Å². The Kier molecular flexibility index (Phi) is 15.2. The van der Waals surface area contributed by atoms with Gasteiger partial charge in [0.1, 0.15) is 17.4 Å². The number of amides is 2. The van der Waals surface area contributed by atoms with Crippen LogP contribution in [0.15, 0.2) is 72.8 Å². The molecule has 8 heteroatoms. The monoisotopic (exact) mass is 611 g/mol. The Morgan fingerprint density at radius 3 is 2.13 bits per heavy atom. The molecule has 0 aromatic heterocycles. The predicted octanol–water partition coefficient (Wildman–Crippen LogP) is 7.47. The van der Waals surface area contributed by atoms with Gasteiger partial charge in [0.15, 0.2) is 0 Å². The summed E-state index contributed by atoms with van der Waals surface area (Å²) in [5.41, 5.74) is 1.63. The molecule has 3 aromatic rings. The van der Waals surface area contributed by atoms with Gasteiger partial charge in [-0.05, 0) is 61.2 Å². The lowest BCUT2D eigenvalue weighted by Gasteiger charge is -2.19. The number of carbonyl (C=O) groups excluding carboxylic acids is 2. The lowest BCUT2D eigenvalue weighted by atomic mass is 10.0. The second kappa shape index (κ2) is 19.6. The molecule has 2 amide bonds. The number of nitrogens with one attached hydrogen (secondary N) is 2. The molecular weight excluding hydrogens is 566 g/mol. The predicted molar refractivity (Wildman–Crippen MR) is 178 cm³/mol. The number of rotatable bonds is 18. The van der Waals surface area contributed by atoms with E-state index in [-0.39, 0.29) is 28.5 Å². The van der Waals surface area contributed by atoms with Crippen molar-refractivity contribution in [3.05, 3.63) is 105 Å². The van der Waals surface area contributed by atoms with Crippen LogP contribution in [0.3, 0.4) is 0 Å². The summed E-state index contributed by atoms with van der Waals surface area (Å²) in [5.74, 6) is 4.95. The van der Waals surface area contributed by atoms with E-state index < -0.39 is 16.9 Å². The molecule has 1 atom stereocenters. The van der Waals surface area contributed by atoms with Gasteiger partial charge in [-0.1, -0.05) is 107 Å². The largest absolute Gasteiger partial charge is 0.508 e. The van der Waals surface area contributed by atoms with Crippen LogP contribution in [0.4, 0.5) is 5.69 Å². The SMILES string of the molecule is CCCCCCCCCCCCNC(=O)[C@H](CCc1ccccc1)NC(=O)c1ccc([N+](=O)[O-])c(C#Cc2ccc(O)cc2)c1. The van der Waals surface area contributed by atoms with Crippen LogP contribution in [0, 0.1) is 22.0 Å². The molecule has 0 spiro atoms. The molecule has 0 aliphatic rings. The fourth-order valence-corrected chi connectivity index (χ4v) is 5.03. The second-order valence-corrected chi connectivity index (χ2v) is 11.3. The van der Waals surface area contributed by atoms with Crippen LogP contribution in [-0.2, 0) is 11.2 Å². The summed E-state index contributed by atoms with van der Waals surface area (Å²) in [6, 6.07) is 19.1. The Morgan fingerprint density at radius 1 is 0.844 bits per heavy atom. The highest BCUT2D eigenvalue weighted by molar-refractivity contribution is 5.98. The van der Waals surface area contributed by atoms with Gasteiger partial charge >= 0.3 is 0 Å². The molecule has 0 heterocycles. The number of phenols is 1. The quantitative estimate of drug-likeness (QED) is 0.0596. The Labute approximate surface area is 266 Å². The summed E-state index contributed by atoms with van der Waals surface area (Å²) >= 11 is 0. The molecule has 0 aliphatic heterocycles. The van der Waals surface area contributed by atoms with Gasteiger partial charge in [-0.25, -0.2) is 0 Å². The molecular formula is C37H45N3O5. The first-order valence-electron chi connectivity index (χ1n) is 16.1. The van der Waals surface area contributed by atoms with Gasteiger partial charge < -0.3 is 15.7 Å². The maximum Gasteiger partial charge on any atom is 0.284 e. The van der Waals surface area contributed by atoms with E-state index in [1.807, 2.05) is 30.3 Å². The lowest BCUT2D eigenvalue weighted by molar-refractivity contribution is -0.385. The van der Waals surface area contributed by atoms with Crippen molar-refractivity contribution < 1.29 is 19.6 Å². The highest BCUT2D eigenvalue weighted by atomic mass is 16.6. The first kappa shape index (κ1) is 34.8. The smallest absolute Gasteiger partial charge is 0.284 e. The van der Waals surface area contributed by atoms with Gasteiger partial charge in [0.05, 0.1) is 4.92 Å². The van der Waals surface area contributed by atoms with Crippen molar-refractivity contribution in [1.82, 2.24) is 10.6 Å². The Bertz CT molecular complexity index is 1430. The van der Waals surface area contributed by atoms with Gasteiger partial charge in [-0.15, -0.1) is 0 Å². The first-order chi connectivity index (χ1) is 21.9. The van der Waals surface area contributed by atoms with Crippen molar-refractivity contribution >= 4 is 17.5 Å². The summed E-state index contributed by atoms with van der Waals surface area (Å²) in [7, 11) is 0. The van der Waals surface area contributed by atoms with Crippen LogP contribution in [0.25, 0.3) is 0 Å². The standard InChI is InChI=1S/C37H45N3O5/c1-2-3-4-5-6-7-8-9-10-14-27-38-37(43)34(25-20-29-15-12-11-13-16-29)39-36(42)32-22-26-35(40(44)45)31(28-32)21-17-30-18-23-33(41)24-19-30/h11-13,15-16,18-19,22-24,26,28,34,41H,2-10,14,20,25,27H2,1H3,(H,38,43)(H,39,42)/t34-/m0/s1. The number of unbranched alkanes of at least 4 members (excludes halogenated alkanes) is 9. The molecule has 0 bridgehead atoms. The van der Waals surface area contributed by atoms with Crippen LogP contribution in [0.5, 0.6) is 5.75 Å². The zero-order valence-electron chi connectivity index (χ0n) is 26.2. The molecule has 238 valence electrons. The highest BCUT2D eigenvalue weighted by Gasteiger charge is 2.23. The lowest BCUT2D eigenvalue weighted by Crippen LogP contribution is -2.47. The molecule has 0 aliphatic carbocycles. The molecule has 0 unspecified atom stereocenters. The number of nitro benzene ring substituents is 1. The molecule has 0 radical (unpaired) electrons. The van der Waals surface area contributed by atoms with Crippen molar-refractivity contribution in [3.8, 4) is 17.6 Å². The van der Waals surface area contributed by atoms with Crippen LogP contribution in [-0.4, -0.2) is 34.4 Å². The summed E-state index contributed by atoms with van der Waals surface area (Å²) in [4.78, 5) is 37.7. The van der Waals surface area contributed by atoms with Crippen molar-refractivity contribution in [2.45, 2.75) is 90.0 Å². The Morgan fingerprint density at radius 2 is 1.49 bits per heavy atom. The average molecular weight is 612 g/mol. The number of carbonyl (C=O) groups is 2. The highest BCUT2D eigenvalue weighted by Crippen LogP contribution is 2.20. The maximum atomic E-state index is 13.3. The van der Waals surface area contributed by atoms with Gasteiger partial charge in [-0.2, -0.15) is 0 Å². The summed E-state index contributed by atoms with van der Waals surface area (Å²) in [6.45, 7) is 2.77. The molecule has 0 saturated carbocycles. The van der Waals surface area contributed by atoms with E-state index in [0.29, 0.717) is 24.9 Å². The summed E-state index contributed by atoms with van der Waals surface area (Å²) in [5, 5.41) is 27.0. The van der Waals surface area contributed by atoms with Gasteiger partial charge in [0.25, 0.3) is 11.6 Å². The zero-order valence-corrected chi connectivity index (χ0v) is 26.2. The molecule has 0 fully saturated rings. The topological polar surface area (TPSA) is 122 Å². The third kappa shape index (κ3) is 12.9. The number of hydrogen-bond donors (Lipinski definition) is 3. The van der Waals surface area contributed by atoms with E-state index in [2.05, 4.69) is 29.4 Å². The minimum atomic E-state index is -0.775. The third-order valence-electron chi connectivity index (χ3n) is 7.68. The van der Waals surface area contributed by atoms with E-state index in [1.165, 1.54) is 75.3 Å². The van der Waals surface area contributed by atoms with Crippen molar-refractivity contribution in [2.75, 3.05) is 6.54 Å². The fraction of sp³-hybridized carbons (Fsp3) is 0.405. The minimum absolute atomic E-state index is 0.0759. The van der Waals surface area contributed by atoms with Crippen molar-refractivity contribution in [3.63, 3.8) is 0 Å². The van der Waals surface area contributed by atoms with Crippen molar-refractivity contribution in [1.29, 1.82) is 0 Å². The Balaban J connectivity index is 1.62. The van der Waals surface area contributed by atoms with Crippen molar-refractivity contribution in [2.24, 2.45) is 0 Å². The van der Waals surface area contributed by atoms with E-state index in [1.54, 1.807) is 12.1 Å². The summed E-state index contributed by atoms with van der Waals surface area (Å²) < 4.78 is 0. The third-order valence-corrected chi connectivity index (χ3v) is 7.68. The van der Waals surface area contributed by atoms with E-state index in [4.69, 9.17) is 0 Å². The minimum Gasteiger partial charge on any atom is -0.508 e. The van der Waals surface area contributed by atoms with Gasteiger partial charge in [0, 0.05) is 23.7 Å². The maximum absolute atomic E-state index is 13.3. The Hall–Kier alpha value is -4.64. The van der Waals surface area contributed by atoms with Crippen LogP contribution in [0.2, 0.25) is 0 Å². The van der Waals surface area contributed by atoms with Crippen LogP contribution < -0.4 is 10.6 Å². The van der Waals surface area contributed by atoms with E-state index >= 15 is 0 Å². The fourth-order valence-electron chi connectivity index (χ4n) is 5.03. The molecule has 3 rings (SSSR count). The number of aryl methyl sites for hydroxylation is 1. The van der Waals surface area contributed by atoms with Gasteiger partial charge in [0.2, 0.25) is 5.91 Å². The average Bonchev–Trinajstić information content (AvgIpc) is 3.05. The number of nitro groups is 1. The normalized spacial score (nSPS) is 11.2. The molecule has 45 heavy (non-hydrogen) atoms. The van der Waals surface area contributed by atoms with E-state index in [0.717, 1.165) is 24.8 Å². The molecule has 3 aromatic carbocycles. The molecule has 8 nitrogen and oxygen atoms in total. The number of hydrogen-bond acceptors (Lipinski definition) is 5. The first-order valence-corrected chi connectivity index (χ1v) is 16.1. The van der Waals surface area contributed by atoms with Crippen LogP contribution >= 0.6 is 0 Å². The number of nitrogens with zero attached hydrogens (tertiary/aromatic N) is 1. The number of aromatic hydroxyl groups is 1. The zero-order chi connectivity index (χ0) is 32.3. The molecule has 3 N–H and O–H groups in total. The second-order valence-electron chi connectivity index (χ2n) is 11.3. The number of phenolic OH excluding ortho intramolecular Hbond substituents is 1. The molecule has 0 saturated heterocycles. The van der Waals surface area contributed by atoms with Gasteiger partial charge in [-0.3, -0.25) is 19.7 Å². The number of benzene rings is 3. The van der Waals surface area contributed by atoms with E-state index in [9.17, 15) is 24.8 Å².